The minimum Gasteiger partial charge on any atom is -0.245 e. The summed E-state index contributed by atoms with van der Waals surface area (Å²) in [6.45, 7) is 4.05. The monoisotopic (exact) mass is 284 g/mol. The normalized spacial score (nSPS) is 13.0. The summed E-state index contributed by atoms with van der Waals surface area (Å²) in [4.78, 5) is 3.68. The van der Waals surface area contributed by atoms with Crippen LogP contribution in [-0.4, -0.2) is 4.98 Å². The molecule has 0 aliphatic carbocycles. The predicted molar refractivity (Wildman–Crippen MR) is 71.1 cm³/mol. The third-order valence-corrected chi connectivity index (χ3v) is 3.44. The van der Waals surface area contributed by atoms with Gasteiger partial charge in [0.05, 0.1) is 5.56 Å². The van der Waals surface area contributed by atoms with Crippen molar-refractivity contribution in [3.8, 4) is 6.07 Å². The summed E-state index contributed by atoms with van der Waals surface area (Å²) in [6, 6.07) is 2.60. The van der Waals surface area contributed by atoms with Gasteiger partial charge in [0, 0.05) is 6.20 Å². The first-order valence-corrected chi connectivity index (χ1v) is 6.91. The molecule has 1 unspecified atom stereocenters. The molecule has 1 rings (SSSR count). The molecular formula is C15H19F3N2. The van der Waals surface area contributed by atoms with E-state index in [0.29, 0.717) is 5.56 Å². The highest BCUT2D eigenvalue weighted by atomic mass is 19.4. The Bertz CT molecular complexity index is 475. The molecule has 1 aromatic rings. The van der Waals surface area contributed by atoms with Crippen molar-refractivity contribution < 1.29 is 13.2 Å². The fourth-order valence-electron chi connectivity index (χ4n) is 2.26. The molecule has 1 heterocycles. The lowest BCUT2D eigenvalue weighted by atomic mass is 9.91. The van der Waals surface area contributed by atoms with E-state index in [9.17, 15) is 13.2 Å². The lowest BCUT2D eigenvalue weighted by Crippen LogP contribution is -2.11. The van der Waals surface area contributed by atoms with E-state index in [2.05, 4.69) is 11.9 Å². The standard InChI is InChI=1S/C15H19F3N2/c1-3-5-6-7-11(4-2)12-8-13(15(16,17)18)14(9-19)20-10-12/h8,10-11H,3-7H2,1-2H3. The molecule has 0 amide bonds. The van der Waals surface area contributed by atoms with E-state index in [4.69, 9.17) is 5.26 Å². The molecule has 0 bridgehead atoms. The smallest absolute Gasteiger partial charge is 0.245 e. The van der Waals surface area contributed by atoms with Crippen LogP contribution < -0.4 is 0 Å². The minimum atomic E-state index is -4.53. The summed E-state index contributed by atoms with van der Waals surface area (Å²) in [5.41, 5.74) is -0.897. The van der Waals surface area contributed by atoms with Gasteiger partial charge in [-0.1, -0.05) is 33.1 Å². The molecule has 0 saturated heterocycles. The molecule has 1 aromatic heterocycles. The lowest BCUT2D eigenvalue weighted by molar-refractivity contribution is -0.138. The summed E-state index contributed by atoms with van der Waals surface area (Å²) in [5, 5.41) is 8.73. The van der Waals surface area contributed by atoms with E-state index in [1.54, 1.807) is 0 Å². The molecule has 0 N–H and O–H groups in total. The maximum Gasteiger partial charge on any atom is 0.419 e. The average Bonchev–Trinajstić information content (AvgIpc) is 2.42. The van der Waals surface area contributed by atoms with E-state index in [0.717, 1.165) is 38.2 Å². The average molecular weight is 284 g/mol. The van der Waals surface area contributed by atoms with Crippen molar-refractivity contribution in [3.05, 3.63) is 29.1 Å². The van der Waals surface area contributed by atoms with Crippen LogP contribution >= 0.6 is 0 Å². The molecule has 1 atom stereocenters. The Hall–Kier alpha value is -1.57. The van der Waals surface area contributed by atoms with Crippen LogP contribution in [0.25, 0.3) is 0 Å². The number of hydrogen-bond acceptors (Lipinski definition) is 2. The van der Waals surface area contributed by atoms with E-state index in [1.165, 1.54) is 12.3 Å². The number of rotatable bonds is 6. The molecule has 20 heavy (non-hydrogen) atoms. The Morgan fingerprint density at radius 3 is 2.50 bits per heavy atom. The van der Waals surface area contributed by atoms with E-state index < -0.39 is 17.4 Å². The third-order valence-electron chi connectivity index (χ3n) is 3.44. The summed E-state index contributed by atoms with van der Waals surface area (Å²) >= 11 is 0. The third kappa shape index (κ3) is 4.22. The minimum absolute atomic E-state index is 0.0721. The van der Waals surface area contributed by atoms with Gasteiger partial charge in [-0.2, -0.15) is 18.4 Å². The number of pyridine rings is 1. The number of halogens is 3. The molecule has 2 nitrogen and oxygen atoms in total. The fraction of sp³-hybridized carbons (Fsp3) is 0.600. The van der Waals surface area contributed by atoms with Gasteiger partial charge in [0.1, 0.15) is 6.07 Å². The predicted octanol–water partition coefficient (Wildman–Crippen LogP) is 5.05. The number of hydrogen-bond donors (Lipinski definition) is 0. The molecule has 110 valence electrons. The molecule has 0 spiro atoms. The number of alkyl halides is 3. The van der Waals surface area contributed by atoms with Gasteiger partial charge >= 0.3 is 6.18 Å². The highest BCUT2D eigenvalue weighted by Gasteiger charge is 2.35. The SMILES string of the molecule is CCCCCC(CC)c1cnc(C#N)c(C(F)(F)F)c1. The maximum absolute atomic E-state index is 12.9. The first-order chi connectivity index (χ1) is 9.43. The summed E-state index contributed by atoms with van der Waals surface area (Å²) in [7, 11) is 0. The Morgan fingerprint density at radius 1 is 1.30 bits per heavy atom. The molecule has 0 fully saturated rings. The first kappa shape index (κ1) is 16.5. The van der Waals surface area contributed by atoms with Crippen molar-refractivity contribution >= 4 is 0 Å². The summed E-state index contributed by atoms with van der Waals surface area (Å²) in [6.07, 6.45) is 1.66. The van der Waals surface area contributed by atoms with Crippen molar-refractivity contribution in [2.24, 2.45) is 0 Å². The number of unbranched alkanes of at least 4 members (excludes halogenated alkanes) is 2. The van der Waals surface area contributed by atoms with Gasteiger partial charge in [0.25, 0.3) is 0 Å². The van der Waals surface area contributed by atoms with Gasteiger partial charge in [0.15, 0.2) is 5.69 Å². The van der Waals surface area contributed by atoms with Crippen LogP contribution in [0.3, 0.4) is 0 Å². The van der Waals surface area contributed by atoms with Crippen molar-refractivity contribution in [1.82, 2.24) is 4.98 Å². The zero-order valence-corrected chi connectivity index (χ0v) is 11.8. The van der Waals surface area contributed by atoms with Crippen molar-refractivity contribution in [2.45, 2.75) is 58.0 Å². The van der Waals surface area contributed by atoms with Crippen LogP contribution in [0.4, 0.5) is 13.2 Å². The number of aromatic nitrogens is 1. The molecule has 0 radical (unpaired) electrons. The molecule has 0 aliphatic rings. The maximum atomic E-state index is 12.9. The lowest BCUT2D eigenvalue weighted by Gasteiger charge is -2.17. The van der Waals surface area contributed by atoms with Crippen LogP contribution in [0.1, 0.15) is 68.7 Å². The van der Waals surface area contributed by atoms with E-state index >= 15 is 0 Å². The summed E-state index contributed by atoms with van der Waals surface area (Å²) < 4.78 is 38.7. The zero-order valence-electron chi connectivity index (χ0n) is 11.8. The van der Waals surface area contributed by atoms with Gasteiger partial charge < -0.3 is 0 Å². The van der Waals surface area contributed by atoms with Gasteiger partial charge in [-0.05, 0) is 30.4 Å². The Balaban J connectivity index is 3.03. The quantitative estimate of drug-likeness (QED) is 0.686. The molecule has 0 saturated carbocycles. The van der Waals surface area contributed by atoms with Crippen LogP contribution in [0.2, 0.25) is 0 Å². The number of nitrogens with zero attached hydrogens (tertiary/aromatic N) is 2. The van der Waals surface area contributed by atoms with Gasteiger partial charge in [-0.25, -0.2) is 4.98 Å². The van der Waals surface area contributed by atoms with E-state index in [-0.39, 0.29) is 5.92 Å². The van der Waals surface area contributed by atoms with Crippen LogP contribution in [0.15, 0.2) is 12.3 Å². The van der Waals surface area contributed by atoms with Gasteiger partial charge in [-0.3, -0.25) is 0 Å². The first-order valence-electron chi connectivity index (χ1n) is 6.91. The van der Waals surface area contributed by atoms with Gasteiger partial charge in [-0.15, -0.1) is 0 Å². The second-order valence-corrected chi connectivity index (χ2v) is 4.88. The Morgan fingerprint density at radius 2 is 2.00 bits per heavy atom. The van der Waals surface area contributed by atoms with Crippen LogP contribution in [-0.2, 0) is 6.18 Å². The molecule has 0 aliphatic heterocycles. The molecule has 5 heteroatoms. The number of nitriles is 1. The zero-order chi connectivity index (χ0) is 15.2. The van der Waals surface area contributed by atoms with Crippen molar-refractivity contribution in [3.63, 3.8) is 0 Å². The van der Waals surface area contributed by atoms with Crippen LogP contribution in [0.5, 0.6) is 0 Å². The van der Waals surface area contributed by atoms with Gasteiger partial charge in [0.2, 0.25) is 0 Å². The second kappa shape index (κ2) is 7.28. The molecule has 0 aromatic carbocycles. The topological polar surface area (TPSA) is 36.7 Å². The van der Waals surface area contributed by atoms with Crippen LogP contribution in [0, 0.1) is 11.3 Å². The van der Waals surface area contributed by atoms with Crippen molar-refractivity contribution in [2.75, 3.05) is 0 Å². The van der Waals surface area contributed by atoms with E-state index in [1.807, 2.05) is 6.92 Å². The largest absolute Gasteiger partial charge is 0.419 e. The Kier molecular flexibility index (Phi) is 6.00. The fourth-order valence-corrected chi connectivity index (χ4v) is 2.26. The highest BCUT2D eigenvalue weighted by molar-refractivity contribution is 5.36. The summed E-state index contributed by atoms with van der Waals surface area (Å²) in [5.74, 6) is 0.0721. The molecular weight excluding hydrogens is 265 g/mol. The highest BCUT2D eigenvalue weighted by Crippen LogP contribution is 2.34. The Labute approximate surface area is 117 Å². The van der Waals surface area contributed by atoms with Crippen molar-refractivity contribution in [1.29, 1.82) is 5.26 Å². The second-order valence-electron chi connectivity index (χ2n) is 4.88.